The summed E-state index contributed by atoms with van der Waals surface area (Å²) < 4.78 is 46.7. The van der Waals surface area contributed by atoms with Gasteiger partial charge < -0.3 is 16.0 Å². The number of aromatic nitrogens is 2. The first-order valence-electron chi connectivity index (χ1n) is 11.0. The molecular weight excluding hydrogens is 406 g/mol. The molecule has 2 fully saturated rings. The van der Waals surface area contributed by atoms with E-state index >= 15 is 0 Å². The van der Waals surface area contributed by atoms with Gasteiger partial charge in [0.15, 0.2) is 9.84 Å². The van der Waals surface area contributed by atoms with Gasteiger partial charge in [-0.15, -0.1) is 0 Å². The minimum Gasteiger partial charge on any atom is -0.355 e. The summed E-state index contributed by atoms with van der Waals surface area (Å²) in [4.78, 5) is 33.0. The SMILES string of the molecule is [2H]C([2H])([2H])NC(=O)c1cnc(NC(=O)C2CC2)cc1Nc1ncc(C2CC2)cc1S(C)(=O)=O. The molecule has 4 rings (SSSR count). The van der Waals surface area contributed by atoms with Crippen LogP contribution >= 0.6 is 0 Å². The number of carbonyl (C=O) groups excluding carboxylic acids is 2. The number of carbonyl (C=O) groups is 2. The fourth-order valence-electron chi connectivity index (χ4n) is 3.05. The van der Waals surface area contributed by atoms with Crippen molar-refractivity contribution in [2.45, 2.75) is 36.5 Å². The van der Waals surface area contributed by atoms with Gasteiger partial charge in [-0.1, -0.05) is 0 Å². The molecule has 2 aliphatic rings. The van der Waals surface area contributed by atoms with E-state index in [1.165, 1.54) is 6.07 Å². The molecule has 30 heavy (non-hydrogen) atoms. The molecule has 0 saturated heterocycles. The van der Waals surface area contributed by atoms with Gasteiger partial charge in [0.25, 0.3) is 5.91 Å². The molecule has 158 valence electrons. The average molecular weight is 433 g/mol. The first-order valence-corrected chi connectivity index (χ1v) is 11.4. The third-order valence-corrected chi connectivity index (χ3v) is 6.15. The maximum Gasteiger partial charge on any atom is 0.254 e. The number of hydrogen-bond donors (Lipinski definition) is 3. The second kappa shape index (κ2) is 7.67. The lowest BCUT2D eigenvalue weighted by Gasteiger charge is -2.15. The van der Waals surface area contributed by atoms with Crippen molar-refractivity contribution in [3.05, 3.63) is 35.7 Å². The van der Waals surface area contributed by atoms with E-state index in [0.717, 1.165) is 43.7 Å². The van der Waals surface area contributed by atoms with Crippen molar-refractivity contribution in [2.75, 3.05) is 23.9 Å². The molecule has 3 N–H and O–H groups in total. The Kier molecular flexibility index (Phi) is 4.28. The zero-order valence-electron chi connectivity index (χ0n) is 19.2. The van der Waals surface area contributed by atoms with Gasteiger partial charge in [0.05, 0.1) is 11.3 Å². The molecule has 2 amide bonds. The topological polar surface area (TPSA) is 130 Å². The first-order chi connectivity index (χ1) is 15.4. The lowest BCUT2D eigenvalue weighted by molar-refractivity contribution is -0.117. The fraction of sp³-hybridized carbons (Fsp3) is 0.400. The van der Waals surface area contributed by atoms with Crippen LogP contribution in [0.2, 0.25) is 0 Å². The van der Waals surface area contributed by atoms with Crippen LogP contribution in [0.25, 0.3) is 0 Å². The van der Waals surface area contributed by atoms with E-state index in [4.69, 9.17) is 4.11 Å². The number of amides is 2. The molecule has 0 aliphatic heterocycles. The number of pyridine rings is 2. The van der Waals surface area contributed by atoms with Crippen LogP contribution in [-0.4, -0.2) is 43.4 Å². The maximum absolute atomic E-state index is 12.6. The van der Waals surface area contributed by atoms with Gasteiger partial charge in [-0.2, -0.15) is 0 Å². The van der Waals surface area contributed by atoms with Gasteiger partial charge in [-0.25, -0.2) is 18.4 Å². The van der Waals surface area contributed by atoms with E-state index in [1.54, 1.807) is 12.3 Å². The molecule has 2 heterocycles. The van der Waals surface area contributed by atoms with Gasteiger partial charge in [-0.3, -0.25) is 9.59 Å². The third-order valence-electron chi connectivity index (χ3n) is 5.04. The normalized spacial score (nSPS) is 18.0. The zero-order valence-corrected chi connectivity index (χ0v) is 17.0. The Balaban J connectivity index is 1.72. The quantitative estimate of drug-likeness (QED) is 0.611. The minimum absolute atomic E-state index is 0.0181. The number of rotatable bonds is 7. The molecule has 2 aliphatic carbocycles. The highest BCUT2D eigenvalue weighted by Gasteiger charge is 2.30. The molecule has 0 atom stereocenters. The number of anilines is 3. The van der Waals surface area contributed by atoms with E-state index in [1.807, 2.05) is 5.32 Å². The smallest absolute Gasteiger partial charge is 0.254 e. The summed E-state index contributed by atoms with van der Waals surface area (Å²) in [6.07, 6.45) is 7.24. The van der Waals surface area contributed by atoms with Crippen molar-refractivity contribution >= 4 is 39.0 Å². The third kappa shape index (κ3) is 4.43. The zero-order chi connectivity index (χ0) is 24.0. The Labute approximate surface area is 178 Å². The summed E-state index contributed by atoms with van der Waals surface area (Å²) in [5, 5.41) is 7.37. The number of sulfone groups is 1. The molecule has 0 unspecified atom stereocenters. The largest absolute Gasteiger partial charge is 0.355 e. The van der Waals surface area contributed by atoms with E-state index < -0.39 is 22.7 Å². The minimum atomic E-state index is -3.68. The first kappa shape index (κ1) is 16.8. The van der Waals surface area contributed by atoms with Gasteiger partial charge in [0.2, 0.25) is 5.91 Å². The average Bonchev–Trinajstić information content (AvgIpc) is 3.59. The molecule has 2 saturated carbocycles. The van der Waals surface area contributed by atoms with Crippen molar-refractivity contribution in [2.24, 2.45) is 5.92 Å². The van der Waals surface area contributed by atoms with Crippen molar-refractivity contribution in [1.82, 2.24) is 15.3 Å². The number of nitrogens with one attached hydrogen (secondary N) is 3. The Bertz CT molecular complexity index is 1220. The van der Waals surface area contributed by atoms with Crippen molar-refractivity contribution in [1.29, 1.82) is 0 Å². The predicted octanol–water partition coefficient (Wildman–Crippen LogP) is 2.21. The second-order valence-electron chi connectivity index (χ2n) is 7.62. The van der Waals surface area contributed by atoms with E-state index in [-0.39, 0.29) is 45.5 Å². The number of hydrogen-bond acceptors (Lipinski definition) is 7. The van der Waals surface area contributed by atoms with Crippen LogP contribution in [0, 0.1) is 5.92 Å². The molecule has 0 aromatic carbocycles. The van der Waals surface area contributed by atoms with Crippen LogP contribution in [0.3, 0.4) is 0 Å². The second-order valence-corrected chi connectivity index (χ2v) is 9.60. The predicted molar refractivity (Wildman–Crippen MR) is 112 cm³/mol. The molecule has 10 heteroatoms. The van der Waals surface area contributed by atoms with Crippen molar-refractivity contribution < 1.29 is 22.1 Å². The van der Waals surface area contributed by atoms with Gasteiger partial charge in [0.1, 0.15) is 16.5 Å². The Morgan fingerprint density at radius 1 is 1.13 bits per heavy atom. The highest BCUT2D eigenvalue weighted by atomic mass is 32.2. The molecule has 2 aromatic heterocycles. The van der Waals surface area contributed by atoms with Crippen LogP contribution in [0.1, 0.15) is 51.6 Å². The Morgan fingerprint density at radius 2 is 1.90 bits per heavy atom. The van der Waals surface area contributed by atoms with Crippen LogP contribution in [0.5, 0.6) is 0 Å². The summed E-state index contributed by atoms with van der Waals surface area (Å²) in [5.74, 6) is -0.851. The fourth-order valence-corrected chi connectivity index (χ4v) is 3.86. The van der Waals surface area contributed by atoms with Gasteiger partial charge in [-0.05, 0) is 43.2 Å². The lowest BCUT2D eigenvalue weighted by Crippen LogP contribution is -2.21. The summed E-state index contributed by atoms with van der Waals surface area (Å²) in [6, 6.07) is 2.90. The van der Waals surface area contributed by atoms with Crippen LogP contribution < -0.4 is 16.0 Å². The summed E-state index contributed by atoms with van der Waals surface area (Å²) >= 11 is 0. The highest BCUT2D eigenvalue weighted by Crippen LogP contribution is 2.41. The molecule has 9 nitrogen and oxygen atoms in total. The summed E-state index contributed by atoms with van der Waals surface area (Å²) in [5.41, 5.74) is 0.714. The molecule has 0 radical (unpaired) electrons. The lowest BCUT2D eigenvalue weighted by atomic mass is 10.2. The maximum atomic E-state index is 12.6. The van der Waals surface area contributed by atoms with Gasteiger partial charge in [0, 0.05) is 41.7 Å². The van der Waals surface area contributed by atoms with Crippen molar-refractivity contribution in [3.8, 4) is 0 Å². The monoisotopic (exact) mass is 432 g/mol. The van der Waals surface area contributed by atoms with E-state index in [2.05, 4.69) is 20.6 Å². The van der Waals surface area contributed by atoms with Gasteiger partial charge >= 0.3 is 0 Å². The van der Waals surface area contributed by atoms with Crippen LogP contribution in [0.15, 0.2) is 29.4 Å². The summed E-state index contributed by atoms with van der Waals surface area (Å²) in [7, 11) is -3.68. The number of nitrogens with zero attached hydrogens (tertiary/aromatic N) is 2. The summed E-state index contributed by atoms with van der Waals surface area (Å²) in [6.45, 7) is -2.74. The molecular formula is C20H23N5O4S. The van der Waals surface area contributed by atoms with E-state index in [9.17, 15) is 18.0 Å². The molecule has 0 spiro atoms. The Morgan fingerprint density at radius 3 is 2.53 bits per heavy atom. The van der Waals surface area contributed by atoms with E-state index in [0.29, 0.717) is 0 Å². The Hall–Kier alpha value is -3.01. The van der Waals surface area contributed by atoms with Crippen LogP contribution in [0.4, 0.5) is 17.3 Å². The standard InChI is InChI=1S/C20H23N5O4S/c1-21-20(27)14-10-22-17(25-19(26)12-5-6-12)8-15(14)24-18-16(30(2,28)29)7-13(9-23-18)11-3-4-11/h7-12H,3-6H2,1-2H3,(H,21,27)(H2,22,23,24,25,26)/i1D3. The highest BCUT2D eigenvalue weighted by molar-refractivity contribution is 7.90. The molecule has 0 bridgehead atoms. The van der Waals surface area contributed by atoms with Crippen molar-refractivity contribution in [3.63, 3.8) is 0 Å². The van der Waals surface area contributed by atoms with Crippen LogP contribution in [-0.2, 0) is 14.6 Å². The molecule has 2 aromatic rings.